The molecule has 1 aromatic heterocycles. The molecule has 0 aliphatic carbocycles. The largest absolute Gasteiger partial charge is 0.481 e. The normalized spacial score (nSPS) is 12.2. The van der Waals surface area contributed by atoms with Gasteiger partial charge in [-0.3, -0.25) is 4.79 Å². The number of Topliss-reactive ketones (excluding diaryl/α,β-unsaturated/α-hetero) is 1. The van der Waals surface area contributed by atoms with E-state index in [4.69, 9.17) is 9.26 Å². The van der Waals surface area contributed by atoms with Gasteiger partial charge in [0, 0.05) is 12.0 Å². The number of aromatic nitrogens is 2. The Balaban J connectivity index is 2.05. The Labute approximate surface area is 111 Å². The van der Waals surface area contributed by atoms with Crippen LogP contribution < -0.4 is 4.74 Å². The third-order valence-electron chi connectivity index (χ3n) is 2.70. The van der Waals surface area contributed by atoms with Gasteiger partial charge in [-0.05, 0) is 38.1 Å². The third-order valence-corrected chi connectivity index (χ3v) is 2.70. The minimum absolute atomic E-state index is 0.118. The van der Waals surface area contributed by atoms with E-state index in [2.05, 4.69) is 10.1 Å². The quantitative estimate of drug-likeness (QED) is 0.773. The first kappa shape index (κ1) is 13.3. The lowest BCUT2D eigenvalue weighted by Gasteiger charge is -2.10. The van der Waals surface area contributed by atoms with Crippen molar-refractivity contribution in [2.75, 3.05) is 0 Å². The first-order chi connectivity index (χ1) is 9.10. The molecule has 0 radical (unpaired) electrons. The Morgan fingerprint density at radius 1 is 1.37 bits per heavy atom. The zero-order chi connectivity index (χ0) is 13.8. The summed E-state index contributed by atoms with van der Waals surface area (Å²) in [6.07, 6.45) is 0.173. The molecule has 1 heterocycles. The second kappa shape index (κ2) is 5.65. The number of carbonyl (C=O) groups excluding carboxylic acids is 1. The summed E-state index contributed by atoms with van der Waals surface area (Å²) in [5.41, 5.74) is 0.691. The molecule has 0 saturated carbocycles. The molecule has 5 nitrogen and oxygen atoms in total. The molecule has 0 bridgehead atoms. The molecule has 100 valence electrons. The predicted octanol–water partition coefficient (Wildman–Crippen LogP) is 3.11. The van der Waals surface area contributed by atoms with Gasteiger partial charge >= 0.3 is 0 Å². The van der Waals surface area contributed by atoms with Gasteiger partial charge in [-0.25, -0.2) is 0 Å². The highest BCUT2D eigenvalue weighted by Gasteiger charge is 2.14. The number of hydrogen-bond donors (Lipinski definition) is 0. The van der Waals surface area contributed by atoms with Crippen LogP contribution in [0.15, 0.2) is 28.8 Å². The molecule has 0 fully saturated rings. The number of rotatable bonds is 5. The van der Waals surface area contributed by atoms with Crippen LogP contribution >= 0.6 is 0 Å². The fourth-order valence-corrected chi connectivity index (χ4v) is 1.66. The van der Waals surface area contributed by atoms with E-state index in [1.807, 2.05) is 13.8 Å². The minimum Gasteiger partial charge on any atom is -0.481 e. The van der Waals surface area contributed by atoms with Crippen molar-refractivity contribution in [1.82, 2.24) is 10.1 Å². The fraction of sp³-hybridized carbons (Fsp3) is 0.357. The van der Waals surface area contributed by atoms with Crippen LogP contribution in [0.1, 0.15) is 48.4 Å². The molecule has 2 aromatic rings. The van der Waals surface area contributed by atoms with Crippen molar-refractivity contribution in [3.63, 3.8) is 0 Å². The summed E-state index contributed by atoms with van der Waals surface area (Å²) in [5.74, 6) is 1.80. The standard InChI is InChI=1S/C14H16N2O3/c1-4-13(17)11-5-7-12(8-6-11)18-9(2)14-15-10(3)16-19-14/h5-9H,4H2,1-3H3/t9-/m0/s1. The molecule has 0 unspecified atom stereocenters. The van der Waals surface area contributed by atoms with Gasteiger partial charge in [0.05, 0.1) is 0 Å². The first-order valence-electron chi connectivity index (χ1n) is 6.20. The van der Waals surface area contributed by atoms with Crippen molar-refractivity contribution >= 4 is 5.78 Å². The van der Waals surface area contributed by atoms with E-state index in [-0.39, 0.29) is 11.9 Å². The summed E-state index contributed by atoms with van der Waals surface area (Å²) in [6.45, 7) is 5.43. The van der Waals surface area contributed by atoms with Crippen LogP contribution in [0.2, 0.25) is 0 Å². The van der Waals surface area contributed by atoms with Crippen LogP contribution in [-0.2, 0) is 0 Å². The highest BCUT2D eigenvalue weighted by atomic mass is 16.5. The van der Waals surface area contributed by atoms with Crippen LogP contribution in [0, 0.1) is 6.92 Å². The molecule has 0 spiro atoms. The average Bonchev–Trinajstić information content (AvgIpc) is 2.85. The monoisotopic (exact) mass is 260 g/mol. The number of ether oxygens (including phenoxy) is 1. The van der Waals surface area contributed by atoms with Crippen LogP contribution in [0.5, 0.6) is 5.75 Å². The summed E-state index contributed by atoms with van der Waals surface area (Å²) >= 11 is 0. The summed E-state index contributed by atoms with van der Waals surface area (Å²) < 4.78 is 10.7. The predicted molar refractivity (Wildman–Crippen MR) is 69.1 cm³/mol. The summed E-state index contributed by atoms with van der Waals surface area (Å²) in [4.78, 5) is 15.6. The maximum atomic E-state index is 11.5. The second-order valence-corrected chi connectivity index (χ2v) is 4.24. The van der Waals surface area contributed by atoms with Crippen molar-refractivity contribution < 1.29 is 14.1 Å². The molecular weight excluding hydrogens is 244 g/mol. The summed E-state index contributed by atoms with van der Waals surface area (Å²) in [7, 11) is 0. The number of aryl methyl sites for hydroxylation is 1. The van der Waals surface area contributed by atoms with E-state index in [1.165, 1.54) is 0 Å². The topological polar surface area (TPSA) is 65.2 Å². The second-order valence-electron chi connectivity index (χ2n) is 4.24. The highest BCUT2D eigenvalue weighted by Crippen LogP contribution is 2.21. The fourth-order valence-electron chi connectivity index (χ4n) is 1.66. The molecule has 1 aromatic carbocycles. The molecule has 19 heavy (non-hydrogen) atoms. The Morgan fingerprint density at radius 2 is 2.05 bits per heavy atom. The van der Waals surface area contributed by atoms with E-state index >= 15 is 0 Å². The molecule has 0 saturated heterocycles. The highest BCUT2D eigenvalue weighted by molar-refractivity contribution is 5.95. The van der Waals surface area contributed by atoms with Gasteiger partial charge in [0.2, 0.25) is 0 Å². The van der Waals surface area contributed by atoms with E-state index in [9.17, 15) is 4.79 Å². The lowest BCUT2D eigenvalue weighted by molar-refractivity contribution is 0.0988. The molecule has 0 aliphatic heterocycles. The van der Waals surface area contributed by atoms with E-state index in [0.29, 0.717) is 29.4 Å². The van der Waals surface area contributed by atoms with Gasteiger partial charge in [-0.15, -0.1) is 0 Å². The molecule has 0 amide bonds. The van der Waals surface area contributed by atoms with E-state index in [0.717, 1.165) is 0 Å². The van der Waals surface area contributed by atoms with Gasteiger partial charge in [0.1, 0.15) is 5.75 Å². The molecule has 0 aliphatic rings. The van der Waals surface area contributed by atoms with Crippen LogP contribution in [-0.4, -0.2) is 15.9 Å². The zero-order valence-corrected chi connectivity index (χ0v) is 11.2. The van der Waals surface area contributed by atoms with Crippen LogP contribution in [0.3, 0.4) is 0 Å². The van der Waals surface area contributed by atoms with Gasteiger partial charge in [0.15, 0.2) is 17.7 Å². The molecule has 2 rings (SSSR count). The lowest BCUT2D eigenvalue weighted by atomic mass is 10.1. The molecule has 1 atom stereocenters. The van der Waals surface area contributed by atoms with Gasteiger partial charge < -0.3 is 9.26 Å². The van der Waals surface area contributed by atoms with E-state index in [1.54, 1.807) is 31.2 Å². The third kappa shape index (κ3) is 3.19. The number of hydrogen-bond acceptors (Lipinski definition) is 5. The smallest absolute Gasteiger partial charge is 0.267 e. The van der Waals surface area contributed by atoms with Crippen LogP contribution in [0.25, 0.3) is 0 Å². The van der Waals surface area contributed by atoms with Crippen molar-refractivity contribution in [3.8, 4) is 5.75 Å². The van der Waals surface area contributed by atoms with Crippen LogP contribution in [0.4, 0.5) is 0 Å². The van der Waals surface area contributed by atoms with Gasteiger partial charge in [0.25, 0.3) is 5.89 Å². The number of nitrogens with zero attached hydrogens (tertiary/aromatic N) is 2. The van der Waals surface area contributed by atoms with Gasteiger partial charge in [-0.2, -0.15) is 4.98 Å². The number of benzene rings is 1. The SMILES string of the molecule is CCC(=O)c1ccc(O[C@@H](C)c2nc(C)no2)cc1. The zero-order valence-electron chi connectivity index (χ0n) is 11.2. The number of ketones is 1. The maximum absolute atomic E-state index is 11.5. The summed E-state index contributed by atoms with van der Waals surface area (Å²) in [5, 5.41) is 3.72. The van der Waals surface area contributed by atoms with Crippen molar-refractivity contribution in [3.05, 3.63) is 41.5 Å². The molecule has 0 N–H and O–H groups in total. The van der Waals surface area contributed by atoms with Crippen molar-refractivity contribution in [1.29, 1.82) is 0 Å². The van der Waals surface area contributed by atoms with Crippen molar-refractivity contribution in [2.45, 2.75) is 33.3 Å². The Hall–Kier alpha value is -2.17. The van der Waals surface area contributed by atoms with Gasteiger partial charge in [-0.1, -0.05) is 12.1 Å². The Morgan fingerprint density at radius 3 is 2.58 bits per heavy atom. The lowest BCUT2D eigenvalue weighted by Crippen LogP contribution is -2.04. The van der Waals surface area contributed by atoms with E-state index < -0.39 is 0 Å². The van der Waals surface area contributed by atoms with Crippen molar-refractivity contribution in [2.24, 2.45) is 0 Å². The average molecular weight is 260 g/mol. The summed E-state index contributed by atoms with van der Waals surface area (Å²) in [6, 6.07) is 7.05. The Kier molecular flexibility index (Phi) is 3.94. The minimum atomic E-state index is -0.325. The first-order valence-corrected chi connectivity index (χ1v) is 6.20. The number of carbonyl (C=O) groups is 1. The molecular formula is C14H16N2O3. The maximum Gasteiger partial charge on any atom is 0.267 e. The molecule has 5 heteroatoms. The Bertz CT molecular complexity index is 560.